The standard InChI is InChI=1S/C19H22N2O5/c1-11-5-6-12(2)16(9-11)21-18(23)15-10-14(13(3)20-17(15)22)19(24)26-8-7-25-4/h5-6,9-10H,7-8H2,1-4H3,(H,20,22)(H,21,23). The molecule has 0 fully saturated rings. The van der Waals surface area contributed by atoms with Gasteiger partial charge in [0, 0.05) is 18.5 Å². The Morgan fingerprint density at radius 3 is 2.50 bits per heavy atom. The first-order valence-corrected chi connectivity index (χ1v) is 8.12. The van der Waals surface area contributed by atoms with E-state index in [0.29, 0.717) is 11.4 Å². The molecule has 138 valence electrons. The summed E-state index contributed by atoms with van der Waals surface area (Å²) in [5, 5.41) is 2.72. The maximum Gasteiger partial charge on any atom is 0.340 e. The van der Waals surface area contributed by atoms with Crippen molar-refractivity contribution in [2.75, 3.05) is 25.6 Å². The van der Waals surface area contributed by atoms with Crippen LogP contribution in [-0.2, 0) is 9.47 Å². The molecule has 0 saturated heterocycles. The number of carbonyl (C=O) groups excluding carboxylic acids is 2. The molecule has 2 rings (SSSR count). The molecule has 1 aromatic heterocycles. The Morgan fingerprint density at radius 2 is 1.81 bits per heavy atom. The average molecular weight is 358 g/mol. The number of H-pyrrole nitrogens is 1. The first kappa shape index (κ1) is 19.4. The van der Waals surface area contributed by atoms with Gasteiger partial charge < -0.3 is 19.8 Å². The zero-order valence-electron chi connectivity index (χ0n) is 15.3. The Labute approximate surface area is 151 Å². The zero-order valence-corrected chi connectivity index (χ0v) is 15.3. The monoisotopic (exact) mass is 358 g/mol. The van der Waals surface area contributed by atoms with Gasteiger partial charge in [0.1, 0.15) is 12.2 Å². The van der Waals surface area contributed by atoms with Crippen LogP contribution in [0.25, 0.3) is 0 Å². The summed E-state index contributed by atoms with van der Waals surface area (Å²) in [6.45, 7) is 5.67. The minimum absolute atomic E-state index is 0.0813. The van der Waals surface area contributed by atoms with E-state index in [2.05, 4.69) is 10.3 Å². The van der Waals surface area contributed by atoms with Gasteiger partial charge in [0.25, 0.3) is 11.5 Å². The van der Waals surface area contributed by atoms with Crippen LogP contribution in [0, 0.1) is 20.8 Å². The number of pyridine rings is 1. The second-order valence-corrected chi connectivity index (χ2v) is 5.95. The number of amides is 1. The van der Waals surface area contributed by atoms with Gasteiger partial charge in [-0.2, -0.15) is 0 Å². The molecule has 26 heavy (non-hydrogen) atoms. The Bertz CT molecular complexity index is 886. The van der Waals surface area contributed by atoms with Gasteiger partial charge in [-0.05, 0) is 44.0 Å². The van der Waals surface area contributed by atoms with Gasteiger partial charge >= 0.3 is 5.97 Å². The molecule has 1 heterocycles. The molecule has 1 aromatic carbocycles. The third kappa shape index (κ3) is 4.58. The number of hydrogen-bond acceptors (Lipinski definition) is 5. The van der Waals surface area contributed by atoms with E-state index in [-0.39, 0.29) is 24.3 Å². The van der Waals surface area contributed by atoms with Gasteiger partial charge in [-0.25, -0.2) is 4.79 Å². The summed E-state index contributed by atoms with van der Waals surface area (Å²) in [5.41, 5.74) is 2.19. The Morgan fingerprint density at radius 1 is 1.08 bits per heavy atom. The molecule has 0 aliphatic rings. The summed E-state index contributed by atoms with van der Waals surface area (Å²) >= 11 is 0. The number of rotatable bonds is 6. The van der Waals surface area contributed by atoms with E-state index in [9.17, 15) is 14.4 Å². The summed E-state index contributed by atoms with van der Waals surface area (Å²) in [7, 11) is 1.49. The number of aromatic nitrogens is 1. The fourth-order valence-electron chi connectivity index (χ4n) is 2.36. The normalized spacial score (nSPS) is 10.5. The van der Waals surface area contributed by atoms with Crippen molar-refractivity contribution in [2.24, 2.45) is 0 Å². The van der Waals surface area contributed by atoms with E-state index in [1.54, 1.807) is 6.92 Å². The molecule has 7 nitrogen and oxygen atoms in total. The third-order valence-electron chi connectivity index (χ3n) is 3.86. The summed E-state index contributed by atoms with van der Waals surface area (Å²) in [6.07, 6.45) is 0. The van der Waals surface area contributed by atoms with E-state index in [0.717, 1.165) is 11.1 Å². The molecule has 7 heteroatoms. The van der Waals surface area contributed by atoms with E-state index in [1.165, 1.54) is 13.2 Å². The van der Waals surface area contributed by atoms with Crippen molar-refractivity contribution in [3.8, 4) is 0 Å². The molecular formula is C19H22N2O5. The van der Waals surface area contributed by atoms with Crippen LogP contribution < -0.4 is 10.9 Å². The molecule has 0 unspecified atom stereocenters. The zero-order chi connectivity index (χ0) is 19.3. The minimum atomic E-state index is -0.628. The number of ether oxygens (including phenoxy) is 2. The lowest BCUT2D eigenvalue weighted by Gasteiger charge is -2.11. The predicted molar refractivity (Wildman–Crippen MR) is 97.8 cm³/mol. The van der Waals surface area contributed by atoms with E-state index in [4.69, 9.17) is 9.47 Å². The number of aromatic amines is 1. The van der Waals surface area contributed by atoms with Crippen molar-refractivity contribution in [1.29, 1.82) is 0 Å². The van der Waals surface area contributed by atoms with Crippen molar-refractivity contribution in [1.82, 2.24) is 4.98 Å². The first-order valence-electron chi connectivity index (χ1n) is 8.12. The summed E-state index contributed by atoms with van der Waals surface area (Å²) in [5.74, 6) is -1.22. The Hall–Kier alpha value is -2.93. The van der Waals surface area contributed by atoms with Gasteiger partial charge in [-0.1, -0.05) is 12.1 Å². The summed E-state index contributed by atoms with van der Waals surface area (Å²) in [4.78, 5) is 39.4. The van der Waals surface area contributed by atoms with Crippen molar-refractivity contribution >= 4 is 17.6 Å². The van der Waals surface area contributed by atoms with Crippen LogP contribution in [0.5, 0.6) is 0 Å². The first-order chi connectivity index (χ1) is 12.3. The lowest BCUT2D eigenvalue weighted by molar-refractivity contribution is 0.0386. The smallest absolute Gasteiger partial charge is 0.340 e. The molecular weight excluding hydrogens is 336 g/mol. The third-order valence-corrected chi connectivity index (χ3v) is 3.86. The number of hydrogen-bond donors (Lipinski definition) is 2. The van der Waals surface area contributed by atoms with Gasteiger partial charge in [-0.15, -0.1) is 0 Å². The van der Waals surface area contributed by atoms with Gasteiger partial charge in [-0.3, -0.25) is 9.59 Å². The quantitative estimate of drug-likeness (QED) is 0.610. The van der Waals surface area contributed by atoms with Crippen molar-refractivity contribution < 1.29 is 19.1 Å². The van der Waals surface area contributed by atoms with Crippen LogP contribution in [0.3, 0.4) is 0 Å². The highest BCUT2D eigenvalue weighted by molar-refractivity contribution is 6.05. The summed E-state index contributed by atoms with van der Waals surface area (Å²) in [6, 6.07) is 6.88. The van der Waals surface area contributed by atoms with Crippen molar-refractivity contribution in [3.63, 3.8) is 0 Å². The molecule has 0 saturated carbocycles. The average Bonchev–Trinajstić information content (AvgIpc) is 2.58. The highest BCUT2D eigenvalue weighted by atomic mass is 16.6. The lowest BCUT2D eigenvalue weighted by Crippen LogP contribution is -2.26. The molecule has 0 bridgehead atoms. The van der Waals surface area contributed by atoms with Crippen LogP contribution in [0.2, 0.25) is 0 Å². The number of benzene rings is 1. The van der Waals surface area contributed by atoms with Crippen LogP contribution in [0.1, 0.15) is 37.5 Å². The SMILES string of the molecule is COCCOC(=O)c1cc(C(=O)Nc2cc(C)ccc2C)c(=O)[nH]c1C. The molecule has 0 atom stereocenters. The second-order valence-electron chi connectivity index (χ2n) is 5.95. The molecule has 0 radical (unpaired) electrons. The van der Waals surface area contributed by atoms with Gasteiger partial charge in [0.2, 0.25) is 0 Å². The van der Waals surface area contributed by atoms with Crippen LogP contribution in [-0.4, -0.2) is 37.2 Å². The maximum absolute atomic E-state index is 12.5. The Kier molecular flexibility index (Phi) is 6.30. The van der Waals surface area contributed by atoms with Gasteiger partial charge in [0.15, 0.2) is 0 Å². The molecule has 0 aliphatic heterocycles. The van der Waals surface area contributed by atoms with E-state index < -0.39 is 17.4 Å². The largest absolute Gasteiger partial charge is 0.460 e. The minimum Gasteiger partial charge on any atom is -0.460 e. The van der Waals surface area contributed by atoms with Crippen molar-refractivity contribution in [3.05, 3.63) is 62.6 Å². The fourth-order valence-corrected chi connectivity index (χ4v) is 2.36. The fraction of sp³-hybridized carbons (Fsp3) is 0.316. The number of anilines is 1. The van der Waals surface area contributed by atoms with E-state index >= 15 is 0 Å². The highest BCUT2D eigenvalue weighted by Gasteiger charge is 2.19. The number of nitrogens with one attached hydrogen (secondary N) is 2. The topological polar surface area (TPSA) is 97.5 Å². The van der Waals surface area contributed by atoms with Gasteiger partial charge in [0.05, 0.1) is 12.2 Å². The molecule has 2 N–H and O–H groups in total. The van der Waals surface area contributed by atoms with Crippen LogP contribution in [0.4, 0.5) is 5.69 Å². The molecule has 0 aliphatic carbocycles. The van der Waals surface area contributed by atoms with Crippen LogP contribution in [0.15, 0.2) is 29.1 Å². The Balaban J connectivity index is 2.29. The number of aryl methyl sites for hydroxylation is 3. The number of methoxy groups -OCH3 is 1. The van der Waals surface area contributed by atoms with Crippen molar-refractivity contribution in [2.45, 2.75) is 20.8 Å². The molecule has 2 aromatic rings. The number of carbonyl (C=O) groups is 2. The number of esters is 1. The maximum atomic E-state index is 12.5. The highest BCUT2D eigenvalue weighted by Crippen LogP contribution is 2.17. The summed E-state index contributed by atoms with van der Waals surface area (Å²) < 4.78 is 9.89. The van der Waals surface area contributed by atoms with Crippen LogP contribution >= 0.6 is 0 Å². The second kappa shape index (κ2) is 8.44. The molecule has 1 amide bonds. The van der Waals surface area contributed by atoms with E-state index in [1.807, 2.05) is 32.0 Å². The lowest BCUT2D eigenvalue weighted by atomic mass is 10.1. The predicted octanol–water partition coefficient (Wildman–Crippen LogP) is 2.36. The molecule has 0 spiro atoms.